The molecule has 2 aromatic heterocycles. The lowest BCUT2D eigenvalue weighted by Crippen LogP contribution is -2.50. The van der Waals surface area contributed by atoms with Gasteiger partial charge in [0.15, 0.2) is 0 Å². The van der Waals surface area contributed by atoms with Crippen LogP contribution in [0.5, 0.6) is 0 Å². The second-order valence-electron chi connectivity index (χ2n) is 7.13. The van der Waals surface area contributed by atoms with Crippen LogP contribution in [0.1, 0.15) is 36.5 Å². The van der Waals surface area contributed by atoms with Gasteiger partial charge in [-0.1, -0.05) is 18.7 Å². The van der Waals surface area contributed by atoms with Crippen molar-refractivity contribution in [2.45, 2.75) is 50.3 Å². The summed E-state index contributed by atoms with van der Waals surface area (Å²) >= 11 is 3.43. The van der Waals surface area contributed by atoms with E-state index in [2.05, 4.69) is 16.8 Å². The molecule has 1 amide bonds. The van der Waals surface area contributed by atoms with Crippen molar-refractivity contribution in [2.75, 3.05) is 32.7 Å². The third-order valence-electron chi connectivity index (χ3n) is 5.41. The molecule has 0 bridgehead atoms. The number of hydrogen-bond acceptors (Lipinski definition) is 6. The molecule has 4 rings (SSSR count). The Hall–Kier alpha value is -1.18. The van der Waals surface area contributed by atoms with Crippen LogP contribution in [0.4, 0.5) is 0 Å². The molecule has 5 nitrogen and oxygen atoms in total. The largest absolute Gasteiger partial charge is 0.339 e. The van der Waals surface area contributed by atoms with Crippen molar-refractivity contribution in [3.05, 3.63) is 16.3 Å². The number of aromatic nitrogens is 2. The number of amides is 1. The Kier molecular flexibility index (Phi) is 5.21. The highest BCUT2D eigenvalue weighted by Gasteiger charge is 2.28. The Morgan fingerprint density at radius 1 is 1.23 bits per heavy atom. The summed E-state index contributed by atoms with van der Waals surface area (Å²) in [5.74, 6) is 1.04. The first-order chi connectivity index (χ1) is 12.6. The molecule has 1 atom stereocenters. The molecule has 26 heavy (non-hydrogen) atoms. The Balaban J connectivity index is 1.54. The van der Waals surface area contributed by atoms with Crippen LogP contribution in [0.25, 0.3) is 10.2 Å². The molecule has 1 fully saturated rings. The molecule has 0 radical (unpaired) electrons. The normalized spacial score (nSPS) is 19.1. The van der Waals surface area contributed by atoms with Gasteiger partial charge in [0.1, 0.15) is 15.7 Å². The fraction of sp³-hybridized carbons (Fsp3) is 0.632. The van der Waals surface area contributed by atoms with Crippen LogP contribution < -0.4 is 0 Å². The van der Waals surface area contributed by atoms with Gasteiger partial charge >= 0.3 is 0 Å². The zero-order valence-corrected chi connectivity index (χ0v) is 17.4. The molecule has 7 heteroatoms. The Bertz CT molecular complexity index is 827. The molecule has 2 aliphatic rings. The average molecular weight is 391 g/mol. The highest BCUT2D eigenvalue weighted by molar-refractivity contribution is 8.00. The number of carbonyl (C=O) groups is 1. The Morgan fingerprint density at radius 2 is 2.00 bits per heavy atom. The number of carbonyl (C=O) groups excluding carboxylic acids is 1. The minimum Gasteiger partial charge on any atom is -0.339 e. The van der Waals surface area contributed by atoms with Gasteiger partial charge < -0.3 is 9.80 Å². The van der Waals surface area contributed by atoms with Crippen LogP contribution in [0.3, 0.4) is 0 Å². The van der Waals surface area contributed by atoms with Crippen molar-refractivity contribution in [2.24, 2.45) is 0 Å². The second kappa shape index (κ2) is 7.44. The van der Waals surface area contributed by atoms with Crippen molar-refractivity contribution in [1.29, 1.82) is 0 Å². The summed E-state index contributed by atoms with van der Waals surface area (Å²) in [4.78, 5) is 29.3. The first kappa shape index (κ1) is 18.2. The summed E-state index contributed by atoms with van der Waals surface area (Å²) < 4.78 is 0. The molecule has 0 N–H and O–H groups in total. The predicted octanol–water partition coefficient (Wildman–Crippen LogP) is 3.13. The number of rotatable bonds is 4. The van der Waals surface area contributed by atoms with Crippen LogP contribution in [0, 0.1) is 6.92 Å². The molecular formula is C19H26N4OS2. The molecule has 2 aromatic rings. The van der Waals surface area contributed by atoms with E-state index >= 15 is 0 Å². The summed E-state index contributed by atoms with van der Waals surface area (Å²) in [6, 6.07) is 0. The van der Waals surface area contributed by atoms with E-state index in [0.29, 0.717) is 0 Å². The van der Waals surface area contributed by atoms with Crippen LogP contribution in [0.15, 0.2) is 5.03 Å². The minimum atomic E-state index is -0.113. The van der Waals surface area contributed by atoms with Gasteiger partial charge in [-0.25, -0.2) is 9.97 Å². The third-order valence-corrected chi connectivity index (χ3v) is 7.67. The number of hydrogen-bond donors (Lipinski definition) is 0. The van der Waals surface area contributed by atoms with Gasteiger partial charge in [0.25, 0.3) is 0 Å². The smallest absolute Gasteiger partial charge is 0.235 e. The molecular weight excluding hydrogens is 364 g/mol. The van der Waals surface area contributed by atoms with Gasteiger partial charge in [-0.3, -0.25) is 4.79 Å². The monoisotopic (exact) mass is 390 g/mol. The molecule has 1 aliphatic heterocycles. The summed E-state index contributed by atoms with van der Waals surface area (Å²) in [6.45, 7) is 10.8. The van der Waals surface area contributed by atoms with Gasteiger partial charge in [-0.15, -0.1) is 11.3 Å². The topological polar surface area (TPSA) is 49.3 Å². The van der Waals surface area contributed by atoms with Gasteiger partial charge in [0, 0.05) is 36.4 Å². The van der Waals surface area contributed by atoms with E-state index in [-0.39, 0.29) is 11.2 Å². The van der Waals surface area contributed by atoms with Gasteiger partial charge in [0.2, 0.25) is 5.91 Å². The number of piperazine rings is 1. The molecule has 3 heterocycles. The van der Waals surface area contributed by atoms with E-state index in [1.165, 1.54) is 22.2 Å². The molecule has 0 unspecified atom stereocenters. The Labute approximate surface area is 163 Å². The quantitative estimate of drug-likeness (QED) is 0.593. The van der Waals surface area contributed by atoms with Crippen LogP contribution in [-0.4, -0.2) is 63.6 Å². The standard InChI is InChI=1S/C19H26N4OS2/c1-4-22-8-10-23(11-9-22)19(24)12(2)25-17-16-14-6-5-7-15(14)26-18(16)21-13(3)20-17/h12H,4-11H2,1-3H3/t12-/m1/s1. The lowest BCUT2D eigenvalue weighted by Gasteiger charge is -2.35. The maximum atomic E-state index is 12.9. The van der Waals surface area contributed by atoms with E-state index in [0.717, 1.165) is 61.2 Å². The lowest BCUT2D eigenvalue weighted by molar-refractivity contribution is -0.132. The fourth-order valence-electron chi connectivity index (χ4n) is 3.91. The van der Waals surface area contributed by atoms with Crippen molar-refractivity contribution in [1.82, 2.24) is 19.8 Å². The summed E-state index contributed by atoms with van der Waals surface area (Å²) in [5.41, 5.74) is 1.43. The van der Waals surface area contributed by atoms with Crippen molar-refractivity contribution in [3.8, 4) is 0 Å². The number of thiophene rings is 1. The summed E-state index contributed by atoms with van der Waals surface area (Å²) in [7, 11) is 0. The lowest BCUT2D eigenvalue weighted by atomic mass is 10.2. The molecule has 140 valence electrons. The van der Waals surface area contributed by atoms with E-state index in [1.54, 1.807) is 11.8 Å². The minimum absolute atomic E-state index is 0.113. The maximum Gasteiger partial charge on any atom is 0.235 e. The number of likely N-dealkylation sites (N-methyl/N-ethyl adjacent to an activating group) is 1. The van der Waals surface area contributed by atoms with Crippen molar-refractivity contribution in [3.63, 3.8) is 0 Å². The van der Waals surface area contributed by atoms with E-state index in [9.17, 15) is 4.79 Å². The summed E-state index contributed by atoms with van der Waals surface area (Å²) in [5, 5.41) is 2.10. The second-order valence-corrected chi connectivity index (χ2v) is 9.55. The number of aryl methyl sites for hydroxylation is 3. The molecule has 0 aromatic carbocycles. The maximum absolute atomic E-state index is 12.9. The van der Waals surface area contributed by atoms with Gasteiger partial charge in [0.05, 0.1) is 5.25 Å². The zero-order valence-electron chi connectivity index (χ0n) is 15.7. The molecule has 1 aliphatic carbocycles. The van der Waals surface area contributed by atoms with Crippen molar-refractivity contribution < 1.29 is 4.79 Å². The molecule has 0 spiro atoms. The first-order valence-corrected chi connectivity index (χ1v) is 11.2. The van der Waals surface area contributed by atoms with E-state index in [4.69, 9.17) is 4.98 Å². The number of fused-ring (bicyclic) bond motifs is 3. The van der Waals surface area contributed by atoms with E-state index in [1.807, 2.05) is 30.1 Å². The zero-order chi connectivity index (χ0) is 18.3. The van der Waals surface area contributed by atoms with Crippen LogP contribution >= 0.6 is 23.1 Å². The van der Waals surface area contributed by atoms with Crippen LogP contribution in [0.2, 0.25) is 0 Å². The average Bonchev–Trinajstić information content (AvgIpc) is 3.21. The van der Waals surface area contributed by atoms with Gasteiger partial charge in [-0.2, -0.15) is 0 Å². The van der Waals surface area contributed by atoms with Crippen LogP contribution in [-0.2, 0) is 17.6 Å². The third kappa shape index (κ3) is 3.37. The highest BCUT2D eigenvalue weighted by Crippen LogP contribution is 2.41. The van der Waals surface area contributed by atoms with Crippen molar-refractivity contribution >= 4 is 39.2 Å². The Morgan fingerprint density at radius 3 is 2.73 bits per heavy atom. The highest BCUT2D eigenvalue weighted by atomic mass is 32.2. The first-order valence-electron chi connectivity index (χ1n) is 9.53. The SMILES string of the molecule is CCN1CCN(C(=O)[C@@H](C)Sc2nc(C)nc3sc4c(c23)CCC4)CC1. The number of nitrogens with zero attached hydrogens (tertiary/aromatic N) is 4. The van der Waals surface area contributed by atoms with Gasteiger partial charge in [-0.05, 0) is 45.2 Å². The fourth-order valence-corrected chi connectivity index (χ4v) is 6.39. The number of thioether (sulfide) groups is 1. The predicted molar refractivity (Wildman–Crippen MR) is 108 cm³/mol. The molecule has 0 saturated carbocycles. The molecule has 1 saturated heterocycles. The van der Waals surface area contributed by atoms with E-state index < -0.39 is 0 Å². The summed E-state index contributed by atoms with van der Waals surface area (Å²) in [6.07, 6.45) is 3.51.